The van der Waals surface area contributed by atoms with Crippen LogP contribution in [0.2, 0.25) is 0 Å². The Kier molecular flexibility index (Phi) is 3.57. The van der Waals surface area contributed by atoms with Gasteiger partial charge in [-0.25, -0.2) is 0 Å². The van der Waals surface area contributed by atoms with E-state index in [1.54, 1.807) is 18.5 Å². The zero-order chi connectivity index (χ0) is 13.0. The molecule has 2 aromatic heterocycles. The number of primary amides is 1. The quantitative estimate of drug-likeness (QED) is 0.832. The highest BCUT2D eigenvalue weighted by molar-refractivity contribution is 5.98. The summed E-state index contributed by atoms with van der Waals surface area (Å²) < 4.78 is 1.83. The van der Waals surface area contributed by atoms with Crippen molar-refractivity contribution < 1.29 is 4.79 Å². The second-order valence-electron chi connectivity index (χ2n) is 3.95. The average molecular weight is 245 g/mol. The Morgan fingerprint density at radius 1 is 1.50 bits per heavy atom. The number of pyridine rings is 1. The Balaban J connectivity index is 2.09. The molecule has 2 rings (SSSR count). The predicted molar refractivity (Wildman–Crippen MR) is 68.3 cm³/mol. The third kappa shape index (κ3) is 2.65. The molecule has 0 aromatic carbocycles. The van der Waals surface area contributed by atoms with Crippen LogP contribution in [0.3, 0.4) is 0 Å². The van der Waals surface area contributed by atoms with Crippen LogP contribution in [0.1, 0.15) is 10.4 Å². The molecular weight excluding hydrogens is 230 g/mol. The molecule has 18 heavy (non-hydrogen) atoms. The first-order valence-electron chi connectivity index (χ1n) is 5.61. The molecule has 0 atom stereocenters. The van der Waals surface area contributed by atoms with Gasteiger partial charge in [-0.05, 0) is 12.1 Å². The van der Waals surface area contributed by atoms with Gasteiger partial charge in [0.2, 0.25) is 0 Å². The van der Waals surface area contributed by atoms with Gasteiger partial charge < -0.3 is 10.6 Å². The minimum atomic E-state index is -0.468. The Morgan fingerprint density at radius 3 is 3.00 bits per heavy atom. The summed E-state index contributed by atoms with van der Waals surface area (Å²) in [6, 6.07) is 3.66. The Morgan fingerprint density at radius 2 is 2.33 bits per heavy atom. The number of hydrogen-bond acceptors (Lipinski definition) is 4. The van der Waals surface area contributed by atoms with E-state index in [1.165, 1.54) is 6.20 Å². The molecule has 0 unspecified atom stereocenters. The molecule has 0 aliphatic carbocycles. The number of nitrogens with two attached hydrogens (primary N) is 1. The number of rotatable bonds is 5. The lowest BCUT2D eigenvalue weighted by Gasteiger charge is -2.21. The summed E-state index contributed by atoms with van der Waals surface area (Å²) in [7, 11) is 1.91. The first-order valence-corrected chi connectivity index (χ1v) is 5.61. The Labute approximate surface area is 105 Å². The van der Waals surface area contributed by atoms with Gasteiger partial charge in [0, 0.05) is 38.4 Å². The van der Waals surface area contributed by atoms with Crippen molar-refractivity contribution in [3.05, 3.63) is 42.5 Å². The molecule has 0 saturated carbocycles. The third-order valence-corrected chi connectivity index (χ3v) is 2.70. The van der Waals surface area contributed by atoms with Crippen molar-refractivity contribution in [3.8, 4) is 0 Å². The molecule has 0 aliphatic rings. The first kappa shape index (κ1) is 12.1. The minimum Gasteiger partial charge on any atom is -0.372 e. The number of aromatic nitrogens is 3. The van der Waals surface area contributed by atoms with Crippen LogP contribution in [-0.2, 0) is 6.54 Å². The fraction of sp³-hybridized carbons (Fsp3) is 0.250. The topological polar surface area (TPSA) is 77.0 Å². The van der Waals surface area contributed by atoms with E-state index < -0.39 is 5.91 Å². The van der Waals surface area contributed by atoms with Gasteiger partial charge in [0.05, 0.1) is 17.8 Å². The SMILES string of the molecule is CN(CCn1cccn1)c1ccncc1C(N)=O. The molecule has 0 saturated heterocycles. The van der Waals surface area contributed by atoms with E-state index in [-0.39, 0.29) is 0 Å². The summed E-state index contributed by atoms with van der Waals surface area (Å²) >= 11 is 0. The zero-order valence-electron chi connectivity index (χ0n) is 10.2. The molecule has 6 heteroatoms. The number of hydrogen-bond donors (Lipinski definition) is 1. The number of nitrogens with zero attached hydrogens (tertiary/aromatic N) is 4. The largest absolute Gasteiger partial charge is 0.372 e. The average Bonchev–Trinajstić information content (AvgIpc) is 2.89. The lowest BCUT2D eigenvalue weighted by Crippen LogP contribution is -2.26. The van der Waals surface area contributed by atoms with Gasteiger partial charge in [-0.3, -0.25) is 14.5 Å². The minimum absolute atomic E-state index is 0.431. The van der Waals surface area contributed by atoms with Gasteiger partial charge in [0.25, 0.3) is 5.91 Å². The van der Waals surface area contributed by atoms with Crippen LogP contribution in [0.15, 0.2) is 36.9 Å². The first-order chi connectivity index (χ1) is 8.68. The van der Waals surface area contributed by atoms with Gasteiger partial charge >= 0.3 is 0 Å². The molecule has 6 nitrogen and oxygen atoms in total. The maximum Gasteiger partial charge on any atom is 0.252 e. The normalized spacial score (nSPS) is 10.3. The summed E-state index contributed by atoms with van der Waals surface area (Å²) in [5, 5.41) is 4.13. The number of carbonyl (C=O) groups excluding carboxylic acids is 1. The second kappa shape index (κ2) is 5.31. The molecule has 0 radical (unpaired) electrons. The van der Waals surface area contributed by atoms with E-state index >= 15 is 0 Å². The summed E-state index contributed by atoms with van der Waals surface area (Å²) in [5.41, 5.74) is 6.53. The lowest BCUT2D eigenvalue weighted by molar-refractivity contribution is 0.100. The van der Waals surface area contributed by atoms with Crippen LogP contribution >= 0.6 is 0 Å². The van der Waals surface area contributed by atoms with Gasteiger partial charge in [0.1, 0.15) is 0 Å². The van der Waals surface area contributed by atoms with Crippen LogP contribution in [0.4, 0.5) is 5.69 Å². The van der Waals surface area contributed by atoms with E-state index in [0.29, 0.717) is 5.56 Å². The van der Waals surface area contributed by atoms with Crippen molar-refractivity contribution in [2.75, 3.05) is 18.5 Å². The van der Waals surface area contributed by atoms with E-state index in [2.05, 4.69) is 10.1 Å². The van der Waals surface area contributed by atoms with Crippen LogP contribution in [0, 0.1) is 0 Å². The second-order valence-corrected chi connectivity index (χ2v) is 3.95. The monoisotopic (exact) mass is 245 g/mol. The van der Waals surface area contributed by atoms with E-state index in [1.807, 2.05) is 28.9 Å². The molecule has 1 amide bonds. The van der Waals surface area contributed by atoms with Crippen LogP contribution in [0.25, 0.3) is 0 Å². The maximum absolute atomic E-state index is 11.3. The van der Waals surface area contributed by atoms with Crippen molar-refractivity contribution in [2.24, 2.45) is 5.73 Å². The molecule has 2 N–H and O–H groups in total. The lowest BCUT2D eigenvalue weighted by atomic mass is 10.2. The number of likely N-dealkylation sites (N-methyl/N-ethyl adjacent to an activating group) is 1. The van der Waals surface area contributed by atoms with Crippen molar-refractivity contribution in [1.82, 2.24) is 14.8 Å². The van der Waals surface area contributed by atoms with Gasteiger partial charge in [-0.15, -0.1) is 0 Å². The Bertz CT molecular complexity index is 523. The smallest absolute Gasteiger partial charge is 0.252 e. The van der Waals surface area contributed by atoms with Crippen molar-refractivity contribution in [2.45, 2.75) is 6.54 Å². The molecular formula is C12H15N5O. The fourth-order valence-corrected chi connectivity index (χ4v) is 1.72. The summed E-state index contributed by atoms with van der Waals surface area (Å²) in [6.45, 7) is 1.47. The van der Waals surface area contributed by atoms with E-state index in [0.717, 1.165) is 18.8 Å². The maximum atomic E-state index is 11.3. The van der Waals surface area contributed by atoms with Gasteiger partial charge in [-0.2, -0.15) is 5.10 Å². The number of amides is 1. The third-order valence-electron chi connectivity index (χ3n) is 2.70. The van der Waals surface area contributed by atoms with Crippen LogP contribution in [-0.4, -0.2) is 34.3 Å². The fourth-order valence-electron chi connectivity index (χ4n) is 1.72. The van der Waals surface area contributed by atoms with Crippen LogP contribution < -0.4 is 10.6 Å². The van der Waals surface area contributed by atoms with Gasteiger partial charge in [-0.1, -0.05) is 0 Å². The van der Waals surface area contributed by atoms with E-state index in [4.69, 9.17) is 5.73 Å². The molecule has 0 spiro atoms. The number of carbonyl (C=O) groups is 1. The Hall–Kier alpha value is -2.37. The zero-order valence-corrected chi connectivity index (χ0v) is 10.2. The van der Waals surface area contributed by atoms with E-state index in [9.17, 15) is 4.79 Å². The molecule has 2 aromatic rings. The highest BCUT2D eigenvalue weighted by Crippen LogP contribution is 2.17. The summed E-state index contributed by atoms with van der Waals surface area (Å²) in [6.07, 6.45) is 6.77. The molecule has 0 bridgehead atoms. The van der Waals surface area contributed by atoms with Gasteiger partial charge in [0.15, 0.2) is 0 Å². The van der Waals surface area contributed by atoms with Crippen molar-refractivity contribution >= 4 is 11.6 Å². The van der Waals surface area contributed by atoms with Crippen molar-refractivity contribution in [1.29, 1.82) is 0 Å². The standard InChI is InChI=1S/C12H15N5O/c1-16(7-8-17-6-2-4-15-17)11-3-5-14-9-10(11)12(13)18/h2-6,9H,7-8H2,1H3,(H2,13,18). The van der Waals surface area contributed by atoms with Crippen molar-refractivity contribution in [3.63, 3.8) is 0 Å². The molecule has 2 heterocycles. The molecule has 0 fully saturated rings. The summed E-state index contributed by atoms with van der Waals surface area (Å²) in [5.74, 6) is -0.468. The highest BCUT2D eigenvalue weighted by atomic mass is 16.1. The van der Waals surface area contributed by atoms with Crippen LogP contribution in [0.5, 0.6) is 0 Å². The number of anilines is 1. The summed E-state index contributed by atoms with van der Waals surface area (Å²) in [4.78, 5) is 17.2. The predicted octanol–water partition coefficient (Wildman–Crippen LogP) is 0.513. The molecule has 0 aliphatic heterocycles. The highest BCUT2D eigenvalue weighted by Gasteiger charge is 2.11. The molecule has 94 valence electrons.